The number of ether oxygens (including phenoxy) is 1. The van der Waals surface area contributed by atoms with Crippen LogP contribution in [0.25, 0.3) is 0 Å². The molecule has 0 heterocycles. The van der Waals surface area contributed by atoms with Gasteiger partial charge in [0, 0.05) is 0 Å². The van der Waals surface area contributed by atoms with Gasteiger partial charge in [-0.2, -0.15) is 0 Å². The fourth-order valence-corrected chi connectivity index (χ4v) is 7.88. The lowest BCUT2D eigenvalue weighted by Crippen LogP contribution is -2.30. The number of hydrogen-bond acceptors (Lipinski definition) is 2. The Balaban J connectivity index is 2.35. The van der Waals surface area contributed by atoms with Gasteiger partial charge < -0.3 is 4.74 Å². The van der Waals surface area contributed by atoms with E-state index < -0.39 is 6.89 Å². The Morgan fingerprint density at radius 3 is 1.43 bits per heavy atom. The molecule has 0 saturated heterocycles. The van der Waals surface area contributed by atoms with Crippen LogP contribution in [0.1, 0.15) is 13.8 Å². The van der Waals surface area contributed by atoms with Gasteiger partial charge in [0.2, 0.25) is 0 Å². The molecule has 0 aliphatic rings. The van der Waals surface area contributed by atoms with E-state index in [2.05, 4.69) is 104 Å². The molecule has 0 bridgehead atoms. The van der Waals surface area contributed by atoms with Crippen molar-refractivity contribution in [3.8, 4) is 0 Å². The zero-order valence-electron chi connectivity index (χ0n) is 16.7. The summed E-state index contributed by atoms with van der Waals surface area (Å²) in [7, 11) is 1.46. The Hall–Kier alpha value is -2.57. The van der Waals surface area contributed by atoms with Crippen molar-refractivity contribution in [2.45, 2.75) is 13.8 Å². The molecule has 0 radical (unpaired) electrons. The average molecular weight is 390 g/mol. The van der Waals surface area contributed by atoms with E-state index in [4.69, 9.17) is 4.74 Å². The van der Waals surface area contributed by atoms with E-state index in [1.165, 1.54) is 23.0 Å². The molecule has 3 rings (SSSR count). The van der Waals surface area contributed by atoms with Crippen LogP contribution >= 0.6 is 6.89 Å². The van der Waals surface area contributed by atoms with E-state index in [1.54, 1.807) is 0 Å². The van der Waals surface area contributed by atoms with Gasteiger partial charge in [0.25, 0.3) is 0 Å². The summed E-state index contributed by atoms with van der Waals surface area (Å²) in [6, 6.07) is 32.0. The zero-order valence-corrected chi connectivity index (χ0v) is 17.6. The molecule has 144 valence electrons. The van der Waals surface area contributed by atoms with Gasteiger partial charge in [0.1, 0.15) is 0 Å². The highest BCUT2D eigenvalue weighted by Gasteiger charge is 2.28. The maximum absolute atomic E-state index is 12.2. The number of esters is 1. The van der Waals surface area contributed by atoms with Crippen molar-refractivity contribution >= 4 is 34.6 Å². The van der Waals surface area contributed by atoms with Crippen LogP contribution in [0.4, 0.5) is 0 Å². The summed E-state index contributed by atoms with van der Waals surface area (Å²) in [6.07, 6.45) is 0. The molecule has 2 nitrogen and oxygen atoms in total. The Bertz CT molecular complexity index is 846. The highest BCUT2D eigenvalue weighted by Crippen LogP contribution is 2.45. The second kappa shape index (κ2) is 9.08. The fourth-order valence-electron chi connectivity index (χ4n) is 3.58. The summed E-state index contributed by atoms with van der Waals surface area (Å²) < 4.78 is 5.02. The Kier molecular flexibility index (Phi) is 6.54. The molecule has 3 aromatic carbocycles. The standard InChI is InChI=1S/C25H27O2P/c1-20(21(2)25(26)27-3)19-28(22-13-7-4-8-14-22,23-15-9-5-10-16-23)24-17-11-6-12-18-24/h4-21H,1-3H3. The van der Waals surface area contributed by atoms with Gasteiger partial charge in [-0.1, -0.05) is 111 Å². The van der Waals surface area contributed by atoms with E-state index in [0.29, 0.717) is 0 Å². The Labute approximate surface area is 168 Å². The van der Waals surface area contributed by atoms with Crippen LogP contribution in [0.2, 0.25) is 0 Å². The van der Waals surface area contributed by atoms with E-state index >= 15 is 0 Å². The highest BCUT2D eigenvalue weighted by molar-refractivity contribution is 7.94. The zero-order chi connectivity index (χ0) is 20.0. The third-order valence-corrected chi connectivity index (χ3v) is 9.57. The normalized spacial score (nSPS) is 13.4. The van der Waals surface area contributed by atoms with Gasteiger partial charge in [-0.3, -0.25) is 4.79 Å². The van der Waals surface area contributed by atoms with Crippen molar-refractivity contribution < 1.29 is 9.53 Å². The number of benzene rings is 3. The monoisotopic (exact) mass is 390 g/mol. The van der Waals surface area contributed by atoms with E-state index in [1.807, 2.05) is 6.92 Å². The summed E-state index contributed by atoms with van der Waals surface area (Å²) >= 11 is 0. The van der Waals surface area contributed by atoms with Gasteiger partial charge in [-0.25, -0.2) is 0 Å². The molecule has 2 atom stereocenters. The first-order valence-corrected chi connectivity index (χ1v) is 11.4. The second-order valence-electron chi connectivity index (χ2n) is 7.05. The highest BCUT2D eigenvalue weighted by atomic mass is 31.2. The summed E-state index contributed by atoms with van der Waals surface area (Å²) in [6.45, 7) is 2.02. The smallest absolute Gasteiger partial charge is 0.308 e. The summed E-state index contributed by atoms with van der Waals surface area (Å²) in [5.74, 6) is 2.09. The SMILES string of the molecule is COC(=O)C(C)C(C)C=P(c1ccccc1)(c1ccccc1)c1ccccc1. The maximum Gasteiger partial charge on any atom is 0.308 e. The van der Waals surface area contributed by atoms with Gasteiger partial charge in [-0.05, 0) is 28.7 Å². The van der Waals surface area contributed by atoms with Crippen molar-refractivity contribution in [3.05, 3.63) is 91.0 Å². The molecule has 0 aromatic heterocycles. The molecule has 0 fully saturated rings. The fraction of sp³-hybridized carbons (Fsp3) is 0.200. The van der Waals surface area contributed by atoms with Crippen molar-refractivity contribution in [1.29, 1.82) is 0 Å². The topological polar surface area (TPSA) is 26.3 Å². The first-order valence-electron chi connectivity index (χ1n) is 9.59. The molecule has 3 aromatic rings. The van der Waals surface area contributed by atoms with Crippen LogP contribution in [0, 0.1) is 11.8 Å². The van der Waals surface area contributed by atoms with Crippen LogP contribution in [0.3, 0.4) is 0 Å². The molecule has 0 aliphatic heterocycles. The Morgan fingerprint density at radius 1 is 0.750 bits per heavy atom. The molecule has 28 heavy (non-hydrogen) atoms. The molecule has 2 unspecified atom stereocenters. The number of methoxy groups -OCH3 is 1. The third-order valence-electron chi connectivity index (χ3n) is 5.31. The first-order chi connectivity index (χ1) is 13.6. The summed E-state index contributed by atoms with van der Waals surface area (Å²) in [5, 5.41) is 3.86. The van der Waals surface area contributed by atoms with Crippen molar-refractivity contribution in [2.75, 3.05) is 7.11 Å². The van der Waals surface area contributed by atoms with Gasteiger partial charge >= 0.3 is 5.97 Å². The van der Waals surface area contributed by atoms with Crippen LogP contribution in [-0.4, -0.2) is 18.9 Å². The van der Waals surface area contributed by atoms with Crippen LogP contribution in [-0.2, 0) is 9.53 Å². The first kappa shape index (κ1) is 20.2. The van der Waals surface area contributed by atoms with Gasteiger partial charge in [0.05, 0.1) is 13.0 Å². The molecule has 0 saturated carbocycles. The van der Waals surface area contributed by atoms with E-state index in [0.717, 1.165) is 0 Å². The number of carbonyl (C=O) groups excluding carboxylic acids is 1. The molecular formula is C25H27O2P. The largest absolute Gasteiger partial charge is 0.469 e. The predicted octanol–water partition coefficient (Wildman–Crippen LogP) is 4.23. The Morgan fingerprint density at radius 2 is 1.11 bits per heavy atom. The van der Waals surface area contributed by atoms with Crippen LogP contribution < -0.4 is 15.9 Å². The van der Waals surface area contributed by atoms with Crippen molar-refractivity contribution in [2.24, 2.45) is 11.8 Å². The predicted molar refractivity (Wildman–Crippen MR) is 122 cm³/mol. The van der Waals surface area contributed by atoms with Gasteiger partial charge in [0.15, 0.2) is 0 Å². The summed E-state index contributed by atoms with van der Waals surface area (Å²) in [5.41, 5.74) is 0. The van der Waals surface area contributed by atoms with Crippen LogP contribution in [0.15, 0.2) is 91.0 Å². The quantitative estimate of drug-likeness (QED) is 0.465. The molecule has 3 heteroatoms. The average Bonchev–Trinajstić information content (AvgIpc) is 2.78. The van der Waals surface area contributed by atoms with E-state index in [-0.39, 0.29) is 17.8 Å². The van der Waals surface area contributed by atoms with Crippen molar-refractivity contribution in [3.63, 3.8) is 0 Å². The van der Waals surface area contributed by atoms with Crippen LogP contribution in [0.5, 0.6) is 0 Å². The number of rotatable bonds is 6. The molecule has 0 amide bonds. The molecular weight excluding hydrogens is 363 g/mol. The molecule has 0 aliphatic carbocycles. The lowest BCUT2D eigenvalue weighted by Gasteiger charge is -2.31. The molecule has 0 spiro atoms. The van der Waals surface area contributed by atoms with Crippen molar-refractivity contribution in [1.82, 2.24) is 0 Å². The lowest BCUT2D eigenvalue weighted by atomic mass is 9.98. The minimum Gasteiger partial charge on any atom is -0.469 e. The van der Waals surface area contributed by atoms with Gasteiger partial charge in [-0.15, -0.1) is 0 Å². The van der Waals surface area contributed by atoms with E-state index in [9.17, 15) is 4.79 Å². The summed E-state index contributed by atoms with van der Waals surface area (Å²) in [4.78, 5) is 12.2. The minimum absolute atomic E-state index is 0.0569. The molecule has 0 N–H and O–H groups in total. The number of carbonyl (C=O) groups is 1. The third kappa shape index (κ3) is 3.98. The number of hydrogen-bond donors (Lipinski definition) is 0. The maximum atomic E-state index is 12.2. The second-order valence-corrected chi connectivity index (χ2v) is 10.3. The lowest BCUT2D eigenvalue weighted by molar-refractivity contribution is -0.145. The minimum atomic E-state index is -2.05.